The molecule has 0 aliphatic carbocycles. The van der Waals surface area contributed by atoms with Gasteiger partial charge < -0.3 is 5.32 Å². The highest BCUT2D eigenvalue weighted by atomic mass is 32.1. The quantitative estimate of drug-likeness (QED) is 0.883. The van der Waals surface area contributed by atoms with Crippen LogP contribution in [-0.4, -0.2) is 12.0 Å². The van der Waals surface area contributed by atoms with Crippen LogP contribution in [0.25, 0.3) is 0 Å². The molecule has 1 N–H and O–H groups in total. The Hall–Kier alpha value is -1.26. The van der Waals surface area contributed by atoms with E-state index >= 15 is 0 Å². The first kappa shape index (κ1) is 11.2. The van der Waals surface area contributed by atoms with Gasteiger partial charge in [-0.2, -0.15) is 11.3 Å². The molecule has 0 radical (unpaired) electrons. The number of nitrogens with zero attached hydrogens (tertiary/aromatic N) is 1. The summed E-state index contributed by atoms with van der Waals surface area (Å²) in [7, 11) is 1.84. The molecular formula is C12H13FN2S. The first-order valence-electron chi connectivity index (χ1n) is 5.09. The fourth-order valence-corrected chi connectivity index (χ4v) is 2.36. The van der Waals surface area contributed by atoms with Gasteiger partial charge in [0.2, 0.25) is 0 Å². The normalized spacial score (nSPS) is 12.6. The lowest BCUT2D eigenvalue weighted by molar-refractivity contribution is 0.531. The maximum atomic E-state index is 13.6. The van der Waals surface area contributed by atoms with E-state index in [1.807, 2.05) is 12.4 Å². The van der Waals surface area contributed by atoms with Crippen LogP contribution in [0.2, 0.25) is 0 Å². The van der Waals surface area contributed by atoms with Gasteiger partial charge in [0.1, 0.15) is 5.82 Å². The predicted molar refractivity (Wildman–Crippen MR) is 64.0 cm³/mol. The van der Waals surface area contributed by atoms with E-state index in [2.05, 4.69) is 21.7 Å². The zero-order valence-electron chi connectivity index (χ0n) is 8.98. The van der Waals surface area contributed by atoms with Crippen LogP contribution in [0.5, 0.6) is 0 Å². The summed E-state index contributed by atoms with van der Waals surface area (Å²) in [6.45, 7) is 0. The minimum absolute atomic E-state index is 0.00222. The van der Waals surface area contributed by atoms with E-state index in [4.69, 9.17) is 0 Å². The number of thiophene rings is 1. The fourth-order valence-electron chi connectivity index (χ4n) is 1.68. The highest BCUT2D eigenvalue weighted by Gasteiger charge is 2.14. The van der Waals surface area contributed by atoms with Crippen molar-refractivity contribution in [3.8, 4) is 0 Å². The minimum Gasteiger partial charge on any atom is -0.313 e. The van der Waals surface area contributed by atoms with Crippen LogP contribution in [0.15, 0.2) is 35.3 Å². The van der Waals surface area contributed by atoms with Gasteiger partial charge in [0.05, 0.1) is 6.20 Å². The summed E-state index contributed by atoms with van der Waals surface area (Å²) in [6.07, 6.45) is 3.67. The summed E-state index contributed by atoms with van der Waals surface area (Å²) >= 11 is 1.66. The highest BCUT2D eigenvalue weighted by molar-refractivity contribution is 7.07. The number of pyridine rings is 1. The van der Waals surface area contributed by atoms with Crippen molar-refractivity contribution < 1.29 is 4.39 Å². The SMILES string of the molecule is CNC(Cc1ccsc1)c1ccncc1F. The van der Waals surface area contributed by atoms with Crippen molar-refractivity contribution in [3.05, 3.63) is 52.2 Å². The summed E-state index contributed by atoms with van der Waals surface area (Å²) in [5, 5.41) is 7.25. The van der Waals surface area contributed by atoms with Gasteiger partial charge in [-0.05, 0) is 41.9 Å². The Morgan fingerprint density at radius 2 is 2.38 bits per heavy atom. The smallest absolute Gasteiger partial charge is 0.146 e. The second-order valence-corrected chi connectivity index (χ2v) is 4.35. The third-order valence-corrected chi connectivity index (χ3v) is 3.28. The van der Waals surface area contributed by atoms with E-state index in [0.717, 1.165) is 6.42 Å². The molecule has 2 aromatic rings. The summed E-state index contributed by atoms with van der Waals surface area (Å²) in [5.41, 5.74) is 1.89. The molecule has 84 valence electrons. The molecule has 0 saturated heterocycles. The lowest BCUT2D eigenvalue weighted by Gasteiger charge is -2.16. The summed E-state index contributed by atoms with van der Waals surface area (Å²) in [5.74, 6) is -0.253. The van der Waals surface area contributed by atoms with Crippen LogP contribution in [0.1, 0.15) is 17.2 Å². The first-order valence-corrected chi connectivity index (χ1v) is 6.03. The number of hydrogen-bond acceptors (Lipinski definition) is 3. The molecule has 1 atom stereocenters. The molecule has 2 aromatic heterocycles. The Balaban J connectivity index is 2.20. The van der Waals surface area contributed by atoms with Crippen molar-refractivity contribution in [2.24, 2.45) is 0 Å². The molecule has 0 saturated carbocycles. The molecular weight excluding hydrogens is 223 g/mol. The van der Waals surface area contributed by atoms with E-state index in [9.17, 15) is 4.39 Å². The number of hydrogen-bond donors (Lipinski definition) is 1. The molecule has 1 unspecified atom stereocenters. The molecule has 2 rings (SSSR count). The zero-order valence-corrected chi connectivity index (χ0v) is 9.80. The van der Waals surface area contributed by atoms with Crippen molar-refractivity contribution in [1.29, 1.82) is 0 Å². The monoisotopic (exact) mass is 236 g/mol. The topological polar surface area (TPSA) is 24.9 Å². The second kappa shape index (κ2) is 5.18. The Morgan fingerprint density at radius 3 is 3.00 bits per heavy atom. The Labute approximate surface area is 98.2 Å². The van der Waals surface area contributed by atoms with Gasteiger partial charge in [-0.15, -0.1) is 0 Å². The summed E-state index contributed by atoms with van der Waals surface area (Å²) < 4.78 is 13.6. The van der Waals surface area contributed by atoms with Crippen LogP contribution >= 0.6 is 11.3 Å². The lowest BCUT2D eigenvalue weighted by atomic mass is 10.0. The maximum Gasteiger partial charge on any atom is 0.146 e. The molecule has 0 fully saturated rings. The molecule has 0 aromatic carbocycles. The maximum absolute atomic E-state index is 13.6. The first-order chi connectivity index (χ1) is 7.81. The highest BCUT2D eigenvalue weighted by Crippen LogP contribution is 2.21. The molecule has 2 nitrogen and oxygen atoms in total. The van der Waals surface area contributed by atoms with E-state index in [1.54, 1.807) is 23.6 Å². The fraction of sp³-hybridized carbons (Fsp3) is 0.250. The van der Waals surface area contributed by atoms with E-state index < -0.39 is 0 Å². The standard InChI is InChI=1S/C12H13FN2S/c1-14-12(6-9-3-5-16-8-9)10-2-4-15-7-11(10)13/h2-5,7-8,12,14H,6H2,1H3. The minimum atomic E-state index is -0.253. The van der Waals surface area contributed by atoms with Gasteiger partial charge in [-0.25, -0.2) is 4.39 Å². The van der Waals surface area contributed by atoms with E-state index in [0.29, 0.717) is 5.56 Å². The second-order valence-electron chi connectivity index (χ2n) is 3.57. The van der Waals surface area contributed by atoms with Crippen LogP contribution in [0.3, 0.4) is 0 Å². The van der Waals surface area contributed by atoms with Gasteiger partial charge in [0, 0.05) is 17.8 Å². The number of aromatic nitrogens is 1. The van der Waals surface area contributed by atoms with Gasteiger partial charge in [-0.1, -0.05) is 0 Å². The summed E-state index contributed by atoms with van der Waals surface area (Å²) in [4.78, 5) is 3.76. The number of likely N-dealkylation sites (N-methyl/N-ethyl adjacent to an activating group) is 1. The van der Waals surface area contributed by atoms with Crippen molar-refractivity contribution in [3.63, 3.8) is 0 Å². The van der Waals surface area contributed by atoms with Crippen LogP contribution in [0.4, 0.5) is 4.39 Å². The lowest BCUT2D eigenvalue weighted by Crippen LogP contribution is -2.19. The van der Waals surface area contributed by atoms with Crippen LogP contribution in [-0.2, 0) is 6.42 Å². The molecule has 16 heavy (non-hydrogen) atoms. The Bertz CT molecular complexity index is 442. The van der Waals surface area contributed by atoms with Gasteiger partial charge in [-0.3, -0.25) is 4.98 Å². The van der Waals surface area contributed by atoms with Gasteiger partial charge >= 0.3 is 0 Å². The third-order valence-electron chi connectivity index (χ3n) is 2.55. The van der Waals surface area contributed by atoms with Crippen molar-refractivity contribution >= 4 is 11.3 Å². The van der Waals surface area contributed by atoms with Gasteiger partial charge in [0.15, 0.2) is 0 Å². The van der Waals surface area contributed by atoms with Crippen LogP contribution < -0.4 is 5.32 Å². The molecule has 0 amide bonds. The average Bonchev–Trinajstić information content (AvgIpc) is 2.80. The Morgan fingerprint density at radius 1 is 1.50 bits per heavy atom. The summed E-state index contributed by atoms with van der Waals surface area (Å²) in [6, 6.07) is 3.79. The predicted octanol–water partition coefficient (Wildman–Crippen LogP) is 2.79. The average molecular weight is 236 g/mol. The van der Waals surface area contributed by atoms with E-state index in [-0.39, 0.29) is 11.9 Å². The molecule has 2 heterocycles. The number of halogens is 1. The Kier molecular flexibility index (Phi) is 3.64. The van der Waals surface area contributed by atoms with Crippen molar-refractivity contribution in [1.82, 2.24) is 10.3 Å². The van der Waals surface area contributed by atoms with E-state index in [1.165, 1.54) is 11.8 Å². The van der Waals surface area contributed by atoms with Gasteiger partial charge in [0.25, 0.3) is 0 Å². The third kappa shape index (κ3) is 2.46. The van der Waals surface area contributed by atoms with Crippen molar-refractivity contribution in [2.75, 3.05) is 7.05 Å². The van der Waals surface area contributed by atoms with Crippen molar-refractivity contribution in [2.45, 2.75) is 12.5 Å². The molecule has 0 spiro atoms. The zero-order chi connectivity index (χ0) is 11.4. The molecule has 0 bridgehead atoms. The number of nitrogens with one attached hydrogen (secondary N) is 1. The largest absolute Gasteiger partial charge is 0.313 e. The molecule has 4 heteroatoms. The molecule has 0 aliphatic rings. The number of rotatable bonds is 4. The van der Waals surface area contributed by atoms with Crippen LogP contribution in [0, 0.1) is 5.82 Å². The molecule has 0 aliphatic heterocycles.